The van der Waals surface area contributed by atoms with Gasteiger partial charge in [-0.15, -0.1) is 0 Å². The van der Waals surface area contributed by atoms with Gasteiger partial charge in [-0.1, -0.05) is 56.7 Å². The first kappa shape index (κ1) is 83.6. The van der Waals surface area contributed by atoms with Gasteiger partial charge < -0.3 is 60.0 Å². The van der Waals surface area contributed by atoms with E-state index < -0.39 is 77.1 Å². The Balaban J connectivity index is 0.000000305. The van der Waals surface area contributed by atoms with Crippen LogP contribution in [0.15, 0.2) is 48.5 Å². The number of carboxylic acid groups (broad SMARTS) is 2. The van der Waals surface area contributed by atoms with Gasteiger partial charge in [-0.2, -0.15) is 26.3 Å². The van der Waals surface area contributed by atoms with Crippen LogP contribution in [0.2, 0.25) is 0 Å². The van der Waals surface area contributed by atoms with Crippen molar-refractivity contribution in [2.45, 2.75) is 272 Å². The minimum Gasteiger partial charge on any atom is -0.542 e. The van der Waals surface area contributed by atoms with Gasteiger partial charge in [0.15, 0.2) is 0 Å². The normalized spacial score (nSPS) is 20.1. The number of hydrogen-bond donors (Lipinski definition) is 5. The monoisotopic (exact) mass is 1450 g/mol. The fourth-order valence-electron chi connectivity index (χ4n) is 14.6. The Bertz CT molecular complexity index is 3340. The minimum absolute atomic E-state index is 0.149. The average molecular weight is 1450 g/mol. The number of anilines is 2. The first-order chi connectivity index (χ1) is 47.1. The number of nitrogens with one attached hydrogen (secondary N) is 3. The lowest BCUT2D eigenvalue weighted by atomic mass is 9.69. The van der Waals surface area contributed by atoms with Crippen LogP contribution in [-0.4, -0.2) is 132 Å². The molecule has 3 aromatic rings. The maximum absolute atomic E-state index is 14.5. The molecular weight excluding hydrogens is 1340 g/mol. The summed E-state index contributed by atoms with van der Waals surface area (Å²) in [5.74, 6) is -5.84. The van der Waals surface area contributed by atoms with Crippen molar-refractivity contribution in [2.75, 3.05) is 49.1 Å². The highest BCUT2D eigenvalue weighted by atomic mass is 19.4. The summed E-state index contributed by atoms with van der Waals surface area (Å²) in [5, 5.41) is 22.0. The molecule has 2 aliphatic carbocycles. The van der Waals surface area contributed by atoms with Crippen LogP contribution in [0, 0.1) is 24.7 Å². The molecule has 4 amide bonds. The molecule has 0 aromatic heterocycles. The van der Waals surface area contributed by atoms with Gasteiger partial charge in [-0.3, -0.25) is 19.5 Å². The number of benzene rings is 3. The number of carboxylic acids is 2. The van der Waals surface area contributed by atoms with Crippen molar-refractivity contribution >= 4 is 53.7 Å². The van der Waals surface area contributed by atoms with Gasteiger partial charge in [-0.25, -0.2) is 24.0 Å². The van der Waals surface area contributed by atoms with Crippen molar-refractivity contribution in [3.63, 3.8) is 0 Å². The standard InChI is InChI=1S/C46H68N4O8.C25H39N3O2.2C2HF3O2/c1-30-24-33(55-42(54)58-45(9,10)11)25-31(2)34(30)27-37(48-40(52)56-43(3,4)5)39(51)47-36-18-23-50(41(53)57-44(6,7)8)38-17-16-32(26-35(36)38)28-49-22-15-21-46(29-49)19-13-12-14-20-46;1-24(2,3)30-23(29)28-15-10-21(26)20-16-19(8-9-22(20)28)17-27-14-7-13-25(18-27)11-5-4-6-12-25;2*3-2(4,5)1(6)7/h16-17,24-26,36-37H,12-15,18-23,27-29H2,1-11H3,(H,47,51)(H,48,52);8-9,16,21H,4-7,10-15,17-18,26H2,1-3H3;2*(H,6,7)/p+1/t36-,37+;21-;;/m11../s1. The Hall–Kier alpha value is -7.39. The van der Waals surface area contributed by atoms with Crippen molar-refractivity contribution in [1.29, 1.82) is 0 Å². The zero-order valence-corrected chi connectivity index (χ0v) is 62.1. The number of amides is 4. The van der Waals surface area contributed by atoms with Crippen LogP contribution in [0.25, 0.3) is 0 Å². The van der Waals surface area contributed by atoms with Crippen LogP contribution in [0.4, 0.5) is 56.9 Å². The number of piperidine rings is 2. The van der Waals surface area contributed by atoms with Crippen LogP contribution in [0.1, 0.15) is 237 Å². The lowest BCUT2D eigenvalue weighted by Gasteiger charge is -2.45. The highest BCUT2D eigenvalue weighted by Crippen LogP contribution is 2.45. The molecule has 4 fully saturated rings. The summed E-state index contributed by atoms with van der Waals surface area (Å²) < 4.78 is 91.2. The zero-order chi connectivity index (χ0) is 76.1. The number of carbonyl (C=O) groups excluding carboxylic acids is 6. The second-order valence-corrected chi connectivity index (χ2v) is 32.4. The number of alkyl halides is 6. The molecule has 102 heavy (non-hydrogen) atoms. The van der Waals surface area contributed by atoms with Crippen molar-refractivity contribution in [1.82, 2.24) is 15.5 Å². The SMILES string of the molecule is CC(C)(C)OC(=O)N1CC[C@@H]([NH3+])c2cc(C[NH+]3CCCC4(CCCCC4)C3)ccc21.Cc1cc(OC(=O)OC(C)(C)C)cc(C)c1C[C@H](NC(=O)OC(C)(C)C)C(=O)N[C@@H]1CCN(C(=O)OC(C)(C)C)c2ccc(CN3CCCC4(CCCCC4)C3)cc21.O=C(O)C(F)(F)F.O=C([O-])C(F)(F)F. The Kier molecular flexibility index (Phi) is 28.2. The fraction of sp³-hybridized carbons (Fsp3) is 0.667. The first-order valence-electron chi connectivity index (χ1n) is 35.7. The van der Waals surface area contributed by atoms with E-state index in [0.717, 1.165) is 66.1 Å². The number of hydrogen-bond acceptors (Lipinski definition) is 14. The van der Waals surface area contributed by atoms with Crippen molar-refractivity contribution in [2.24, 2.45) is 10.8 Å². The summed E-state index contributed by atoms with van der Waals surface area (Å²) in [6.45, 7) is 33.3. The van der Waals surface area contributed by atoms with E-state index in [1.165, 1.54) is 114 Å². The van der Waals surface area contributed by atoms with Crippen LogP contribution >= 0.6 is 0 Å². The predicted octanol–water partition coefficient (Wildman–Crippen LogP) is 12.8. The van der Waals surface area contributed by atoms with E-state index in [9.17, 15) is 50.3 Å². The van der Waals surface area contributed by atoms with Crippen LogP contribution in [0.3, 0.4) is 0 Å². The second kappa shape index (κ2) is 34.5. The fourth-order valence-corrected chi connectivity index (χ4v) is 14.6. The molecule has 570 valence electrons. The molecule has 0 bridgehead atoms. The van der Waals surface area contributed by atoms with Crippen molar-refractivity contribution in [3.05, 3.63) is 87.5 Å². The number of halogens is 6. The van der Waals surface area contributed by atoms with E-state index in [1.807, 2.05) is 61.5 Å². The minimum atomic E-state index is -5.19. The smallest absolute Gasteiger partial charge is 0.514 e. The van der Waals surface area contributed by atoms with Crippen LogP contribution < -0.4 is 40.9 Å². The van der Waals surface area contributed by atoms with Gasteiger partial charge in [0.25, 0.3) is 0 Å². The number of nitrogens with zero attached hydrogens (tertiary/aromatic N) is 3. The Morgan fingerprint density at radius 3 is 1.60 bits per heavy atom. The molecular formula is C75H110F6N7O14+. The molecule has 0 radical (unpaired) electrons. The number of carbonyl (C=O) groups is 7. The molecule has 21 nitrogen and oxygen atoms in total. The summed E-state index contributed by atoms with van der Waals surface area (Å²) in [5.41, 5.74) is 11.3. The van der Waals surface area contributed by atoms with Gasteiger partial charge in [-0.05, 0) is 225 Å². The third-order valence-electron chi connectivity index (χ3n) is 18.9. The molecule has 4 atom stereocenters. The summed E-state index contributed by atoms with van der Waals surface area (Å²) in [6, 6.07) is 15.1. The van der Waals surface area contributed by atoms with E-state index in [4.69, 9.17) is 43.5 Å². The summed E-state index contributed by atoms with van der Waals surface area (Å²) in [7, 11) is 0. The maximum Gasteiger partial charge on any atom is 0.514 e. The molecule has 6 aliphatic rings. The predicted molar refractivity (Wildman–Crippen MR) is 369 cm³/mol. The first-order valence-corrected chi connectivity index (χ1v) is 35.7. The van der Waals surface area contributed by atoms with Crippen molar-refractivity contribution in [3.8, 4) is 5.75 Å². The van der Waals surface area contributed by atoms with Gasteiger partial charge in [0.2, 0.25) is 5.91 Å². The molecule has 4 aliphatic heterocycles. The number of rotatable bonds is 10. The quantitative estimate of drug-likeness (QED) is 0.0546. The molecule has 2 saturated carbocycles. The third kappa shape index (κ3) is 26.1. The van der Waals surface area contributed by atoms with E-state index in [0.29, 0.717) is 41.8 Å². The number of aliphatic carboxylic acids is 2. The Labute approximate surface area is 596 Å². The molecule has 7 N–H and O–H groups in total. The van der Waals surface area contributed by atoms with Crippen molar-refractivity contribution < 1.29 is 104 Å². The highest BCUT2D eigenvalue weighted by Gasteiger charge is 2.42. The number of alkyl carbamates (subject to hydrolysis) is 1. The Morgan fingerprint density at radius 2 is 1.09 bits per heavy atom. The molecule has 2 saturated heterocycles. The number of aryl methyl sites for hydroxylation is 2. The second-order valence-electron chi connectivity index (χ2n) is 32.4. The summed E-state index contributed by atoms with van der Waals surface area (Å²) in [6.07, 6.45) is 8.00. The number of quaternary nitrogens is 2. The topological polar surface area (TPSA) is 275 Å². The van der Waals surface area contributed by atoms with E-state index in [-0.39, 0.29) is 24.5 Å². The van der Waals surface area contributed by atoms with E-state index in [2.05, 4.69) is 51.6 Å². The van der Waals surface area contributed by atoms with Crippen LogP contribution in [0.5, 0.6) is 5.75 Å². The van der Waals surface area contributed by atoms with E-state index >= 15 is 0 Å². The highest BCUT2D eigenvalue weighted by molar-refractivity contribution is 5.92. The Morgan fingerprint density at radius 1 is 0.618 bits per heavy atom. The molecule has 1 unspecified atom stereocenters. The molecule has 2 spiro atoms. The lowest BCUT2D eigenvalue weighted by Crippen LogP contribution is -3.13. The maximum atomic E-state index is 14.5. The number of ether oxygens (including phenoxy) is 5. The average Bonchev–Trinajstić information content (AvgIpc) is 0.785. The molecule has 4 heterocycles. The number of fused-ring (bicyclic) bond motifs is 2. The molecule has 9 rings (SSSR count). The van der Waals surface area contributed by atoms with E-state index in [1.54, 1.807) is 68.4 Å². The lowest BCUT2D eigenvalue weighted by molar-refractivity contribution is -0.926. The summed E-state index contributed by atoms with van der Waals surface area (Å²) >= 11 is 0. The largest absolute Gasteiger partial charge is 0.542 e. The number of likely N-dealkylation sites (tertiary alicyclic amines) is 2. The van der Waals surface area contributed by atoms with Crippen LogP contribution in [-0.2, 0) is 52.8 Å². The molecule has 3 aromatic carbocycles. The molecule has 27 heteroatoms. The van der Waals surface area contributed by atoms with Gasteiger partial charge in [0, 0.05) is 55.6 Å². The van der Waals surface area contributed by atoms with Gasteiger partial charge >= 0.3 is 42.8 Å². The van der Waals surface area contributed by atoms with Gasteiger partial charge in [0.05, 0.1) is 30.5 Å². The summed E-state index contributed by atoms with van der Waals surface area (Å²) in [4.78, 5) is 91.9. The third-order valence-corrected chi connectivity index (χ3v) is 18.9. The van der Waals surface area contributed by atoms with Gasteiger partial charge in [0.1, 0.15) is 52.8 Å². The zero-order valence-electron chi connectivity index (χ0n) is 62.1.